The first-order valence-electron chi connectivity index (χ1n) is 10.8. The van der Waals surface area contributed by atoms with Gasteiger partial charge >= 0.3 is 0 Å². The van der Waals surface area contributed by atoms with Crippen molar-refractivity contribution in [3.63, 3.8) is 0 Å². The molecule has 8 nitrogen and oxygen atoms in total. The number of fused-ring (bicyclic) bond motifs is 1. The monoisotopic (exact) mass is 438 g/mol. The summed E-state index contributed by atoms with van der Waals surface area (Å²) in [4.78, 5) is 24.3. The number of carbonyl (C=O) groups excluding carboxylic acids is 1. The molecule has 1 aliphatic heterocycles. The van der Waals surface area contributed by atoms with E-state index < -0.39 is 0 Å². The summed E-state index contributed by atoms with van der Waals surface area (Å²) >= 11 is 1.51. The Labute approximate surface area is 185 Å². The Morgan fingerprint density at radius 1 is 1.06 bits per heavy atom. The van der Waals surface area contributed by atoms with Crippen LogP contribution in [0.3, 0.4) is 0 Å². The number of hydrogen-bond acceptors (Lipinski definition) is 8. The number of carbonyl (C=O) groups is 1. The molecule has 0 bridgehead atoms. The van der Waals surface area contributed by atoms with Gasteiger partial charge in [-0.25, -0.2) is 4.98 Å². The van der Waals surface area contributed by atoms with Crippen LogP contribution in [0, 0.1) is 12.8 Å². The van der Waals surface area contributed by atoms with Crippen LogP contribution in [0.2, 0.25) is 0 Å². The summed E-state index contributed by atoms with van der Waals surface area (Å²) in [5, 5.41) is 14.9. The van der Waals surface area contributed by atoms with Gasteiger partial charge in [-0.3, -0.25) is 14.7 Å². The summed E-state index contributed by atoms with van der Waals surface area (Å²) in [5.74, 6) is 0.701. The molecule has 0 radical (unpaired) electrons. The Bertz CT molecular complexity index is 1070. The zero-order valence-electron chi connectivity index (χ0n) is 17.6. The molecule has 0 atom stereocenters. The van der Waals surface area contributed by atoms with E-state index in [9.17, 15) is 4.79 Å². The minimum Gasteiger partial charge on any atom is -0.379 e. The van der Waals surface area contributed by atoms with Gasteiger partial charge in [0, 0.05) is 42.8 Å². The number of aromatic nitrogens is 4. The molecule has 1 amide bonds. The average Bonchev–Trinajstić information content (AvgIpc) is 3.25. The van der Waals surface area contributed by atoms with Crippen molar-refractivity contribution in [2.75, 3.05) is 31.6 Å². The van der Waals surface area contributed by atoms with Gasteiger partial charge in [-0.2, -0.15) is 0 Å². The molecule has 5 rings (SSSR count). The lowest BCUT2D eigenvalue weighted by Gasteiger charge is -2.38. The highest BCUT2D eigenvalue weighted by atomic mass is 32.1. The van der Waals surface area contributed by atoms with Gasteiger partial charge in [0.05, 0.1) is 13.2 Å². The fraction of sp³-hybridized carbons (Fsp3) is 0.500. The third-order valence-corrected chi connectivity index (χ3v) is 7.09. The number of morpholine rings is 1. The molecule has 1 saturated heterocycles. The number of aryl methyl sites for hydroxylation is 1. The molecule has 31 heavy (non-hydrogen) atoms. The molecule has 3 aromatic heterocycles. The van der Waals surface area contributed by atoms with Gasteiger partial charge in [-0.1, -0.05) is 11.3 Å². The van der Waals surface area contributed by atoms with E-state index in [0.717, 1.165) is 78.5 Å². The van der Waals surface area contributed by atoms with E-state index in [0.29, 0.717) is 11.9 Å². The number of hydrogen-bond donors (Lipinski definition) is 1. The molecule has 1 aliphatic carbocycles. The first kappa shape index (κ1) is 20.4. The van der Waals surface area contributed by atoms with Gasteiger partial charge in [0.2, 0.25) is 5.91 Å². The Balaban J connectivity index is 1.24. The lowest BCUT2D eigenvalue weighted by Crippen LogP contribution is -2.45. The van der Waals surface area contributed by atoms with Gasteiger partial charge in [-0.05, 0) is 50.1 Å². The second-order valence-electron chi connectivity index (χ2n) is 8.26. The van der Waals surface area contributed by atoms with E-state index in [1.807, 2.05) is 19.1 Å². The van der Waals surface area contributed by atoms with E-state index in [4.69, 9.17) is 4.74 Å². The van der Waals surface area contributed by atoms with Crippen molar-refractivity contribution >= 4 is 33.8 Å². The van der Waals surface area contributed by atoms with E-state index in [2.05, 4.69) is 30.4 Å². The minimum atomic E-state index is 0.0483. The fourth-order valence-electron chi connectivity index (χ4n) is 4.50. The predicted molar refractivity (Wildman–Crippen MR) is 120 cm³/mol. The van der Waals surface area contributed by atoms with E-state index in [-0.39, 0.29) is 11.8 Å². The second kappa shape index (κ2) is 8.94. The molecular formula is C22H26N6O2S. The Morgan fingerprint density at radius 2 is 1.84 bits per heavy atom. The summed E-state index contributed by atoms with van der Waals surface area (Å²) in [6.45, 7) is 5.59. The Morgan fingerprint density at radius 3 is 2.58 bits per heavy atom. The Hall–Kier alpha value is -2.49. The number of nitrogens with one attached hydrogen (secondary N) is 1. The average molecular weight is 439 g/mol. The third kappa shape index (κ3) is 4.58. The van der Waals surface area contributed by atoms with Gasteiger partial charge in [0.25, 0.3) is 0 Å². The van der Waals surface area contributed by atoms with Crippen molar-refractivity contribution in [1.82, 2.24) is 25.1 Å². The van der Waals surface area contributed by atoms with Crippen molar-refractivity contribution in [3.8, 4) is 10.7 Å². The van der Waals surface area contributed by atoms with E-state index in [1.165, 1.54) is 11.3 Å². The van der Waals surface area contributed by atoms with Crippen LogP contribution in [-0.4, -0.2) is 63.3 Å². The standard InChI is InChI=1S/C22H26N6O2S/c1-14-26-27-22(31-14)19-10-16-11-20(24-13-17(16)12-23-19)25-21(29)15-2-4-18(5-3-15)28-6-8-30-9-7-28/h10-13,15,18H,2-9H2,1H3,(H,24,25,29). The van der Waals surface area contributed by atoms with Gasteiger partial charge in [0.15, 0.2) is 5.01 Å². The number of pyridine rings is 2. The zero-order chi connectivity index (χ0) is 21.2. The molecule has 2 fully saturated rings. The van der Waals surface area contributed by atoms with Crippen LogP contribution in [0.25, 0.3) is 21.5 Å². The second-order valence-corrected chi connectivity index (χ2v) is 9.44. The molecule has 3 aromatic rings. The molecule has 0 unspecified atom stereocenters. The fourth-order valence-corrected chi connectivity index (χ4v) is 5.16. The molecule has 9 heteroatoms. The molecule has 162 valence electrons. The molecule has 4 heterocycles. The quantitative estimate of drug-likeness (QED) is 0.668. The van der Waals surface area contributed by atoms with Gasteiger partial charge in [0.1, 0.15) is 16.5 Å². The van der Waals surface area contributed by atoms with Crippen molar-refractivity contribution < 1.29 is 9.53 Å². The van der Waals surface area contributed by atoms with Crippen LogP contribution in [0.5, 0.6) is 0 Å². The number of rotatable bonds is 4. The first-order valence-corrected chi connectivity index (χ1v) is 11.7. The largest absolute Gasteiger partial charge is 0.379 e. The number of ether oxygens (including phenoxy) is 1. The van der Waals surface area contributed by atoms with Crippen LogP contribution in [0.4, 0.5) is 5.82 Å². The highest BCUT2D eigenvalue weighted by molar-refractivity contribution is 7.14. The smallest absolute Gasteiger partial charge is 0.228 e. The normalized spacial score (nSPS) is 22.5. The molecule has 2 aliphatic rings. The molecular weight excluding hydrogens is 412 g/mol. The summed E-state index contributed by atoms with van der Waals surface area (Å²) in [7, 11) is 0. The highest BCUT2D eigenvalue weighted by Gasteiger charge is 2.30. The SMILES string of the molecule is Cc1nnc(-c2cc3cc(NC(=O)C4CCC(N5CCOCC5)CC4)ncc3cn2)s1. The van der Waals surface area contributed by atoms with Gasteiger partial charge in [-0.15, -0.1) is 10.2 Å². The van der Waals surface area contributed by atoms with Crippen molar-refractivity contribution in [3.05, 3.63) is 29.5 Å². The maximum Gasteiger partial charge on any atom is 0.228 e. The predicted octanol–water partition coefficient (Wildman–Crippen LogP) is 3.29. The lowest BCUT2D eigenvalue weighted by molar-refractivity contribution is -0.121. The maximum absolute atomic E-state index is 12.9. The highest BCUT2D eigenvalue weighted by Crippen LogP contribution is 2.30. The van der Waals surface area contributed by atoms with Crippen LogP contribution < -0.4 is 5.32 Å². The summed E-state index contributed by atoms with van der Waals surface area (Å²) in [5.41, 5.74) is 0.781. The topological polar surface area (TPSA) is 93.1 Å². The minimum absolute atomic E-state index is 0.0483. The van der Waals surface area contributed by atoms with Crippen LogP contribution in [0.1, 0.15) is 30.7 Å². The number of nitrogens with zero attached hydrogens (tertiary/aromatic N) is 5. The summed E-state index contributed by atoms with van der Waals surface area (Å²) < 4.78 is 5.46. The summed E-state index contributed by atoms with van der Waals surface area (Å²) in [6, 6.07) is 4.47. The molecule has 1 N–H and O–H groups in total. The van der Waals surface area contributed by atoms with Crippen LogP contribution in [0.15, 0.2) is 24.5 Å². The van der Waals surface area contributed by atoms with Crippen molar-refractivity contribution in [1.29, 1.82) is 0 Å². The molecule has 0 spiro atoms. The summed E-state index contributed by atoms with van der Waals surface area (Å²) in [6.07, 6.45) is 7.52. The van der Waals surface area contributed by atoms with Crippen LogP contribution >= 0.6 is 11.3 Å². The number of amides is 1. The molecule has 0 aromatic carbocycles. The van der Waals surface area contributed by atoms with E-state index >= 15 is 0 Å². The van der Waals surface area contributed by atoms with E-state index in [1.54, 1.807) is 12.4 Å². The van der Waals surface area contributed by atoms with Crippen LogP contribution in [-0.2, 0) is 9.53 Å². The molecule has 1 saturated carbocycles. The van der Waals surface area contributed by atoms with Crippen molar-refractivity contribution in [2.24, 2.45) is 5.92 Å². The van der Waals surface area contributed by atoms with Crippen molar-refractivity contribution in [2.45, 2.75) is 38.6 Å². The zero-order valence-corrected chi connectivity index (χ0v) is 18.4. The first-order chi connectivity index (χ1) is 15.2. The van der Waals surface area contributed by atoms with Gasteiger partial charge < -0.3 is 10.1 Å². The lowest BCUT2D eigenvalue weighted by atomic mass is 9.84. The number of anilines is 1. The maximum atomic E-state index is 12.9. The third-order valence-electron chi connectivity index (χ3n) is 6.23. The Kier molecular flexibility index (Phi) is 5.89.